The predicted octanol–water partition coefficient (Wildman–Crippen LogP) is 6.95. The van der Waals surface area contributed by atoms with Crippen LogP contribution < -0.4 is 9.64 Å². The van der Waals surface area contributed by atoms with E-state index < -0.39 is 5.72 Å². The van der Waals surface area contributed by atoms with Gasteiger partial charge in [-0.25, -0.2) is 0 Å². The lowest BCUT2D eigenvalue weighted by Crippen LogP contribution is -2.62. The lowest BCUT2D eigenvalue weighted by atomic mass is 9.77. The van der Waals surface area contributed by atoms with Crippen LogP contribution in [0.2, 0.25) is 0 Å². The van der Waals surface area contributed by atoms with Crippen LogP contribution in [0.3, 0.4) is 0 Å². The molecule has 0 amide bonds. The number of hydrogen-bond donors (Lipinski definition) is 0. The zero-order valence-electron chi connectivity index (χ0n) is 20.1. The van der Waals surface area contributed by atoms with E-state index in [-0.39, 0.29) is 5.41 Å². The highest BCUT2D eigenvalue weighted by molar-refractivity contribution is 6.14. The van der Waals surface area contributed by atoms with Crippen LogP contribution in [0.1, 0.15) is 52.0 Å². The maximum Gasteiger partial charge on any atom is 0.229 e. The zero-order valence-corrected chi connectivity index (χ0v) is 20.1. The van der Waals surface area contributed by atoms with Crippen molar-refractivity contribution < 1.29 is 4.74 Å². The molecule has 4 heterocycles. The van der Waals surface area contributed by atoms with Crippen molar-refractivity contribution in [3.63, 3.8) is 0 Å². The molecule has 6 rings (SSSR count). The second kappa shape index (κ2) is 7.79. The molecule has 0 N–H and O–H groups in total. The largest absolute Gasteiger partial charge is 0.457 e. The van der Waals surface area contributed by atoms with Gasteiger partial charge in [0.2, 0.25) is 5.72 Å². The van der Waals surface area contributed by atoms with Crippen molar-refractivity contribution in [3.8, 4) is 5.75 Å². The van der Waals surface area contributed by atoms with Gasteiger partial charge in [-0.1, -0.05) is 44.4 Å². The van der Waals surface area contributed by atoms with Gasteiger partial charge in [-0.2, -0.15) is 0 Å². The molecule has 2 aromatic heterocycles. The highest BCUT2D eigenvalue weighted by atomic mass is 16.5. The molecule has 2 aromatic carbocycles. The van der Waals surface area contributed by atoms with Crippen LogP contribution in [0.4, 0.5) is 11.4 Å². The molecule has 1 spiro atoms. The molecule has 2 aliphatic heterocycles. The number of fused-ring (bicyclic) bond motifs is 7. The lowest BCUT2D eigenvalue weighted by Gasteiger charge is -2.46. The molecule has 34 heavy (non-hydrogen) atoms. The topological polar surface area (TPSA) is 50.6 Å². The number of para-hydroxylation sites is 1. The molecular formula is C29H30N4O. The van der Waals surface area contributed by atoms with E-state index in [0.29, 0.717) is 0 Å². The van der Waals surface area contributed by atoms with Crippen LogP contribution in [-0.4, -0.2) is 28.5 Å². The van der Waals surface area contributed by atoms with Crippen molar-refractivity contribution in [1.82, 2.24) is 9.97 Å². The van der Waals surface area contributed by atoms with E-state index >= 15 is 0 Å². The number of anilines is 1. The minimum absolute atomic E-state index is 0.305. The van der Waals surface area contributed by atoms with Crippen LogP contribution in [0.15, 0.2) is 65.9 Å². The molecule has 0 saturated carbocycles. The Morgan fingerprint density at radius 2 is 1.62 bits per heavy atom. The Morgan fingerprint density at radius 1 is 0.853 bits per heavy atom. The fourth-order valence-corrected chi connectivity index (χ4v) is 5.73. The van der Waals surface area contributed by atoms with Crippen LogP contribution in [0, 0.1) is 0 Å². The smallest absolute Gasteiger partial charge is 0.229 e. The number of pyridine rings is 2. The molecular weight excluding hydrogens is 420 g/mol. The van der Waals surface area contributed by atoms with Gasteiger partial charge in [-0.05, 0) is 56.2 Å². The van der Waals surface area contributed by atoms with Crippen molar-refractivity contribution in [1.29, 1.82) is 0 Å². The molecule has 5 nitrogen and oxygen atoms in total. The van der Waals surface area contributed by atoms with E-state index in [1.54, 1.807) is 0 Å². The number of unbranched alkanes of at least 4 members (excludes halogenated alkanes) is 3. The first-order valence-electron chi connectivity index (χ1n) is 12.4. The van der Waals surface area contributed by atoms with Crippen molar-refractivity contribution in [2.75, 3.05) is 11.4 Å². The summed E-state index contributed by atoms with van der Waals surface area (Å²) in [5, 5.41) is 1.99. The summed E-state index contributed by atoms with van der Waals surface area (Å²) < 4.78 is 7.16. The second-order valence-corrected chi connectivity index (χ2v) is 9.89. The fourth-order valence-electron chi connectivity index (χ4n) is 5.73. The summed E-state index contributed by atoms with van der Waals surface area (Å²) in [5.74, 6) is 0.748. The molecule has 1 unspecified atom stereocenters. The van der Waals surface area contributed by atoms with Gasteiger partial charge in [0.15, 0.2) is 5.75 Å². The summed E-state index contributed by atoms with van der Waals surface area (Å²) in [5.41, 5.74) is 4.04. The third-order valence-electron chi connectivity index (χ3n) is 7.58. The third kappa shape index (κ3) is 2.82. The van der Waals surface area contributed by atoms with Crippen LogP contribution in [0.5, 0.6) is 5.75 Å². The first-order valence-corrected chi connectivity index (χ1v) is 12.4. The molecule has 0 fully saturated rings. The number of nitrogens with zero attached hydrogens (tertiary/aromatic N) is 4. The maximum absolute atomic E-state index is 7.16. The maximum atomic E-state index is 7.16. The summed E-state index contributed by atoms with van der Waals surface area (Å²) in [7, 11) is 0. The summed E-state index contributed by atoms with van der Waals surface area (Å²) in [6.07, 6.45) is 10.5. The third-order valence-corrected chi connectivity index (χ3v) is 7.58. The average Bonchev–Trinajstić information content (AvgIpc) is 3.05. The van der Waals surface area contributed by atoms with E-state index in [4.69, 9.17) is 14.7 Å². The molecule has 0 bridgehead atoms. The summed E-state index contributed by atoms with van der Waals surface area (Å²) >= 11 is 0. The number of aliphatic imine (C=N–C) groups is 1. The highest BCUT2D eigenvalue weighted by Gasteiger charge is 2.59. The Bertz CT molecular complexity index is 1430. The SMILES string of the molecule is CCCCCCN1c2ccccc2C(C)(C)C12C=Nc1c(c3ncccc3c3ncccc13)O2. The molecule has 0 radical (unpaired) electrons. The number of rotatable bonds is 5. The van der Waals surface area contributed by atoms with Gasteiger partial charge in [-0.15, -0.1) is 0 Å². The van der Waals surface area contributed by atoms with E-state index in [1.165, 1.54) is 30.5 Å². The normalized spacial score (nSPS) is 20.0. The van der Waals surface area contributed by atoms with E-state index in [0.717, 1.165) is 46.2 Å². The van der Waals surface area contributed by atoms with Gasteiger partial charge >= 0.3 is 0 Å². The zero-order chi connectivity index (χ0) is 23.3. The molecule has 0 saturated heterocycles. The summed E-state index contributed by atoms with van der Waals surface area (Å²) in [6.45, 7) is 7.71. The quantitative estimate of drug-likeness (QED) is 0.244. The van der Waals surface area contributed by atoms with Crippen LogP contribution in [0.25, 0.3) is 21.8 Å². The van der Waals surface area contributed by atoms with Crippen molar-refractivity contribution in [2.45, 2.75) is 57.6 Å². The van der Waals surface area contributed by atoms with Gasteiger partial charge in [0.25, 0.3) is 0 Å². The first kappa shape index (κ1) is 21.1. The molecule has 1 atom stereocenters. The van der Waals surface area contributed by atoms with Gasteiger partial charge in [-0.3, -0.25) is 15.0 Å². The summed E-state index contributed by atoms with van der Waals surface area (Å²) in [4.78, 5) is 17.0. The number of ether oxygens (including phenoxy) is 1. The number of benzene rings is 2. The molecule has 2 aliphatic rings. The van der Waals surface area contributed by atoms with Crippen molar-refractivity contribution >= 4 is 39.4 Å². The molecule has 172 valence electrons. The van der Waals surface area contributed by atoms with Crippen molar-refractivity contribution in [2.24, 2.45) is 4.99 Å². The monoisotopic (exact) mass is 450 g/mol. The average molecular weight is 451 g/mol. The molecule has 0 aliphatic carbocycles. The van der Waals surface area contributed by atoms with Gasteiger partial charge < -0.3 is 9.64 Å². The van der Waals surface area contributed by atoms with E-state index in [2.05, 4.69) is 67.1 Å². The molecule has 4 aromatic rings. The lowest BCUT2D eigenvalue weighted by molar-refractivity contribution is 0.0789. The Balaban J connectivity index is 1.56. The second-order valence-electron chi connectivity index (χ2n) is 9.89. The predicted molar refractivity (Wildman–Crippen MR) is 140 cm³/mol. The van der Waals surface area contributed by atoms with Crippen LogP contribution in [-0.2, 0) is 5.41 Å². The Morgan fingerprint density at radius 3 is 2.44 bits per heavy atom. The van der Waals surface area contributed by atoms with Gasteiger partial charge in [0.05, 0.1) is 17.1 Å². The Hall–Kier alpha value is -3.47. The minimum atomic E-state index is -0.726. The van der Waals surface area contributed by atoms with Crippen LogP contribution >= 0.6 is 0 Å². The highest BCUT2D eigenvalue weighted by Crippen LogP contribution is 2.56. The first-order chi connectivity index (χ1) is 16.6. The van der Waals surface area contributed by atoms with E-state index in [9.17, 15) is 0 Å². The van der Waals surface area contributed by atoms with E-state index in [1.807, 2.05) is 30.7 Å². The number of aromatic nitrogens is 2. The molecule has 5 heteroatoms. The standard InChI is InChI=1S/C29H30N4O/c1-4-5-6-9-18-33-23-15-8-7-14-22(23)28(2,3)29(33)19-32-26-21-13-10-16-30-24(21)20-12-11-17-31-25(20)27(26)34-29/h7-8,10-17,19H,4-6,9,18H2,1-3H3. The Labute approximate surface area is 200 Å². The minimum Gasteiger partial charge on any atom is -0.457 e. The number of hydrogen-bond acceptors (Lipinski definition) is 5. The van der Waals surface area contributed by atoms with Gasteiger partial charge in [0.1, 0.15) is 11.2 Å². The fraction of sp³-hybridized carbons (Fsp3) is 0.345. The summed E-state index contributed by atoms with van der Waals surface area (Å²) in [6, 6.07) is 16.8. The van der Waals surface area contributed by atoms with Gasteiger partial charge in [0, 0.05) is 35.4 Å². The Kier molecular flexibility index (Phi) is 4.83. The van der Waals surface area contributed by atoms with Crippen molar-refractivity contribution in [3.05, 3.63) is 66.5 Å².